The van der Waals surface area contributed by atoms with Crippen LogP contribution < -0.4 is 10.5 Å². The molecule has 0 saturated heterocycles. The van der Waals surface area contributed by atoms with Gasteiger partial charge in [0.05, 0.1) is 5.02 Å². The van der Waals surface area contributed by atoms with Gasteiger partial charge in [0.25, 0.3) is 0 Å². The van der Waals surface area contributed by atoms with Gasteiger partial charge in [-0.1, -0.05) is 65.8 Å². The Hall–Kier alpha value is -2.51. The molecule has 28 heavy (non-hydrogen) atoms. The minimum Gasteiger partial charge on any atom is -0.484 e. The topological polar surface area (TPSA) is 83.0 Å². The molecule has 1 aliphatic rings. The summed E-state index contributed by atoms with van der Waals surface area (Å²) in [5.74, 6) is 0.902. The van der Waals surface area contributed by atoms with Crippen molar-refractivity contribution >= 4 is 29.3 Å². The maximum absolute atomic E-state index is 12.1. The molecule has 1 heterocycles. The fraction of sp³-hybridized carbons (Fsp3) is 0.250. The highest BCUT2D eigenvalue weighted by atomic mass is 35.5. The second-order valence-corrected chi connectivity index (χ2v) is 8.01. The Kier molecular flexibility index (Phi) is 5.54. The number of primary amides is 1. The molecule has 2 N–H and O–H groups in total. The van der Waals surface area contributed by atoms with Gasteiger partial charge in [-0.05, 0) is 30.5 Å². The number of carbonyl (C=O) groups excluding carboxylic acids is 1. The van der Waals surface area contributed by atoms with Gasteiger partial charge in [0, 0.05) is 6.04 Å². The largest absolute Gasteiger partial charge is 0.484 e. The van der Waals surface area contributed by atoms with Crippen LogP contribution >= 0.6 is 23.4 Å². The summed E-state index contributed by atoms with van der Waals surface area (Å²) in [4.78, 5) is 12.1. The van der Waals surface area contributed by atoms with Crippen molar-refractivity contribution in [1.29, 1.82) is 0 Å². The van der Waals surface area contributed by atoms with E-state index in [-0.39, 0.29) is 6.61 Å². The number of carbonyl (C=O) groups is 1. The number of nitrogens with zero attached hydrogens (tertiary/aromatic N) is 3. The average Bonchev–Trinajstić information content (AvgIpc) is 3.46. The molecular weight excluding hydrogens is 396 g/mol. The van der Waals surface area contributed by atoms with Crippen molar-refractivity contribution in [3.8, 4) is 5.75 Å². The summed E-state index contributed by atoms with van der Waals surface area (Å²) < 4.78 is 7.89. The van der Waals surface area contributed by atoms with E-state index in [1.807, 2.05) is 48.5 Å². The van der Waals surface area contributed by atoms with Crippen LogP contribution in [0.1, 0.15) is 35.5 Å². The van der Waals surface area contributed by atoms with E-state index in [0.717, 1.165) is 18.4 Å². The van der Waals surface area contributed by atoms with Gasteiger partial charge in [-0.3, -0.25) is 9.36 Å². The molecule has 2 aromatic carbocycles. The predicted octanol–water partition coefficient (Wildman–Crippen LogP) is 4.16. The third-order valence-corrected chi connectivity index (χ3v) is 5.97. The quantitative estimate of drug-likeness (QED) is 0.559. The fourth-order valence-corrected chi connectivity index (χ4v) is 4.18. The lowest BCUT2D eigenvalue weighted by Gasteiger charge is -2.15. The van der Waals surface area contributed by atoms with E-state index in [1.54, 1.807) is 6.07 Å². The van der Waals surface area contributed by atoms with Crippen LogP contribution in [0.15, 0.2) is 59.8 Å². The molecule has 1 aromatic heterocycles. The Bertz CT molecular complexity index is 975. The normalized spacial score (nSPS) is 14.6. The summed E-state index contributed by atoms with van der Waals surface area (Å²) in [7, 11) is 0. The SMILES string of the molecule is NC(=O)C(Sc1nnc(COc2ccccc2Cl)n1C1CC1)c1ccccc1. The average molecular weight is 415 g/mol. The third kappa shape index (κ3) is 4.15. The standard InChI is InChI=1S/C20H19ClN4O2S/c21-15-8-4-5-9-16(15)27-12-17-23-24-20(25(17)14-10-11-14)28-18(19(22)26)13-6-2-1-3-7-13/h1-9,14,18H,10-12H2,(H2,22,26). The maximum Gasteiger partial charge on any atom is 0.235 e. The van der Waals surface area contributed by atoms with Gasteiger partial charge in [0.1, 0.15) is 17.6 Å². The maximum atomic E-state index is 12.1. The molecule has 6 nitrogen and oxygen atoms in total. The molecule has 8 heteroatoms. The molecule has 3 aromatic rings. The van der Waals surface area contributed by atoms with E-state index < -0.39 is 11.2 Å². The van der Waals surface area contributed by atoms with Crippen LogP contribution in [0.3, 0.4) is 0 Å². The van der Waals surface area contributed by atoms with Crippen LogP contribution in [-0.4, -0.2) is 20.7 Å². The van der Waals surface area contributed by atoms with Gasteiger partial charge in [-0.2, -0.15) is 0 Å². The van der Waals surface area contributed by atoms with Gasteiger partial charge >= 0.3 is 0 Å². The Labute approximate surface area is 172 Å². The first-order chi connectivity index (χ1) is 13.6. The summed E-state index contributed by atoms with van der Waals surface area (Å²) in [6.45, 7) is 0.250. The zero-order valence-corrected chi connectivity index (χ0v) is 16.6. The number of amides is 1. The van der Waals surface area contributed by atoms with E-state index in [9.17, 15) is 4.79 Å². The predicted molar refractivity (Wildman–Crippen MR) is 108 cm³/mol. The number of halogens is 1. The molecule has 1 atom stereocenters. The van der Waals surface area contributed by atoms with E-state index in [2.05, 4.69) is 14.8 Å². The zero-order valence-electron chi connectivity index (χ0n) is 15.0. The van der Waals surface area contributed by atoms with Gasteiger partial charge in [0.2, 0.25) is 5.91 Å². The lowest BCUT2D eigenvalue weighted by molar-refractivity contribution is -0.117. The summed E-state index contributed by atoms with van der Waals surface area (Å²) in [6.07, 6.45) is 2.11. The van der Waals surface area contributed by atoms with Crippen molar-refractivity contribution in [3.05, 3.63) is 71.0 Å². The first-order valence-corrected chi connectivity index (χ1v) is 10.2. The highest BCUT2D eigenvalue weighted by molar-refractivity contribution is 8.00. The number of para-hydroxylation sites is 1. The first kappa shape index (κ1) is 18.8. The lowest BCUT2D eigenvalue weighted by atomic mass is 10.1. The molecule has 0 aliphatic heterocycles. The molecule has 1 amide bonds. The van der Waals surface area contributed by atoms with Gasteiger partial charge in [-0.15, -0.1) is 10.2 Å². The minimum atomic E-state index is -0.528. The number of hydrogen-bond donors (Lipinski definition) is 1. The molecule has 1 aliphatic carbocycles. The lowest BCUT2D eigenvalue weighted by Crippen LogP contribution is -2.19. The molecule has 1 unspecified atom stereocenters. The smallest absolute Gasteiger partial charge is 0.235 e. The second-order valence-electron chi connectivity index (χ2n) is 6.53. The van der Waals surface area contributed by atoms with E-state index in [1.165, 1.54) is 11.8 Å². The van der Waals surface area contributed by atoms with Crippen LogP contribution in [0.4, 0.5) is 0 Å². The molecule has 1 saturated carbocycles. The van der Waals surface area contributed by atoms with Crippen molar-refractivity contribution in [2.45, 2.75) is 35.9 Å². The van der Waals surface area contributed by atoms with Gasteiger partial charge < -0.3 is 10.5 Å². The number of nitrogens with two attached hydrogens (primary N) is 1. The second kappa shape index (κ2) is 8.24. The minimum absolute atomic E-state index is 0.250. The highest BCUT2D eigenvalue weighted by Crippen LogP contribution is 2.42. The van der Waals surface area contributed by atoms with Crippen molar-refractivity contribution in [1.82, 2.24) is 14.8 Å². The van der Waals surface area contributed by atoms with Crippen LogP contribution in [0.5, 0.6) is 5.75 Å². The monoisotopic (exact) mass is 414 g/mol. The van der Waals surface area contributed by atoms with Crippen LogP contribution in [0.25, 0.3) is 0 Å². The van der Waals surface area contributed by atoms with Crippen molar-refractivity contribution in [3.63, 3.8) is 0 Å². The van der Waals surface area contributed by atoms with Gasteiger partial charge in [-0.25, -0.2) is 0 Å². The van der Waals surface area contributed by atoms with E-state index >= 15 is 0 Å². The van der Waals surface area contributed by atoms with Crippen molar-refractivity contribution in [2.75, 3.05) is 0 Å². The van der Waals surface area contributed by atoms with Crippen LogP contribution in [0, 0.1) is 0 Å². The fourth-order valence-electron chi connectivity index (χ4n) is 2.91. The van der Waals surface area contributed by atoms with Gasteiger partial charge in [0.15, 0.2) is 11.0 Å². The Balaban J connectivity index is 1.56. The number of rotatable bonds is 8. The number of ether oxygens (including phenoxy) is 1. The summed E-state index contributed by atoms with van der Waals surface area (Å²) >= 11 is 7.48. The molecule has 0 spiro atoms. The van der Waals surface area contributed by atoms with E-state index in [0.29, 0.717) is 27.8 Å². The zero-order chi connectivity index (χ0) is 19.5. The van der Waals surface area contributed by atoms with Crippen molar-refractivity contribution in [2.24, 2.45) is 5.73 Å². The number of aromatic nitrogens is 3. The molecular formula is C20H19ClN4O2S. The van der Waals surface area contributed by atoms with Crippen LogP contribution in [-0.2, 0) is 11.4 Å². The molecule has 4 rings (SSSR count). The number of benzene rings is 2. The molecule has 0 radical (unpaired) electrons. The van der Waals surface area contributed by atoms with Crippen molar-refractivity contribution < 1.29 is 9.53 Å². The molecule has 1 fully saturated rings. The number of hydrogen-bond acceptors (Lipinski definition) is 5. The summed E-state index contributed by atoms with van der Waals surface area (Å²) in [6, 6.07) is 17.1. The van der Waals surface area contributed by atoms with E-state index in [4.69, 9.17) is 22.1 Å². The highest BCUT2D eigenvalue weighted by Gasteiger charge is 2.32. The van der Waals surface area contributed by atoms with Crippen LogP contribution in [0.2, 0.25) is 5.02 Å². The summed E-state index contributed by atoms with van der Waals surface area (Å²) in [5, 5.41) is 9.31. The third-order valence-electron chi connectivity index (χ3n) is 4.42. The summed E-state index contributed by atoms with van der Waals surface area (Å²) in [5.41, 5.74) is 6.51. The first-order valence-electron chi connectivity index (χ1n) is 8.95. The Morgan fingerprint density at radius 2 is 1.89 bits per heavy atom. The Morgan fingerprint density at radius 1 is 1.18 bits per heavy atom. The number of thioether (sulfide) groups is 1. The molecule has 144 valence electrons. The molecule has 0 bridgehead atoms. The Morgan fingerprint density at radius 3 is 2.57 bits per heavy atom.